The molecule has 0 aliphatic carbocycles. The van der Waals surface area contributed by atoms with Crippen molar-refractivity contribution in [2.24, 2.45) is 0 Å². The van der Waals surface area contributed by atoms with Gasteiger partial charge < -0.3 is 4.90 Å². The summed E-state index contributed by atoms with van der Waals surface area (Å²) in [5.41, 5.74) is 0. The van der Waals surface area contributed by atoms with Crippen LogP contribution in [0.5, 0.6) is 0 Å². The van der Waals surface area contributed by atoms with Crippen LogP contribution in [0.3, 0.4) is 0 Å². The Bertz CT molecular complexity index is 99.6. The Kier molecular flexibility index (Phi) is 4.17. The minimum atomic E-state index is 0.612. The SMILES string of the molecule is C#CCCC(C)N(C)C. The van der Waals surface area contributed by atoms with Crippen LogP contribution in [0, 0.1) is 12.3 Å². The normalized spacial score (nSPS) is 13.2. The third-order valence-electron chi connectivity index (χ3n) is 1.59. The lowest BCUT2D eigenvalue weighted by molar-refractivity contribution is 0.301. The minimum absolute atomic E-state index is 0.612. The summed E-state index contributed by atoms with van der Waals surface area (Å²) in [5.74, 6) is 2.63. The minimum Gasteiger partial charge on any atom is -0.307 e. The van der Waals surface area contributed by atoms with Gasteiger partial charge in [0.25, 0.3) is 0 Å². The third-order valence-corrected chi connectivity index (χ3v) is 1.59. The average Bonchev–Trinajstić information content (AvgIpc) is 1.82. The fourth-order valence-corrected chi connectivity index (χ4v) is 0.550. The molecular weight excluding hydrogens is 110 g/mol. The molecule has 0 aliphatic rings. The van der Waals surface area contributed by atoms with E-state index in [0.717, 1.165) is 12.8 Å². The van der Waals surface area contributed by atoms with Crippen molar-refractivity contribution in [2.75, 3.05) is 14.1 Å². The van der Waals surface area contributed by atoms with Crippen molar-refractivity contribution in [1.29, 1.82) is 0 Å². The molecule has 0 aromatic heterocycles. The zero-order valence-electron chi connectivity index (χ0n) is 6.52. The number of hydrogen-bond acceptors (Lipinski definition) is 1. The molecule has 0 heterocycles. The molecule has 1 atom stereocenters. The van der Waals surface area contributed by atoms with Crippen LogP contribution in [0.2, 0.25) is 0 Å². The second-order valence-electron chi connectivity index (χ2n) is 2.56. The van der Waals surface area contributed by atoms with Crippen molar-refractivity contribution in [3.05, 3.63) is 0 Å². The average molecular weight is 125 g/mol. The van der Waals surface area contributed by atoms with Crippen molar-refractivity contribution in [3.8, 4) is 12.3 Å². The van der Waals surface area contributed by atoms with Crippen molar-refractivity contribution in [2.45, 2.75) is 25.8 Å². The quantitative estimate of drug-likeness (QED) is 0.515. The number of rotatable bonds is 3. The van der Waals surface area contributed by atoms with Crippen LogP contribution in [0.25, 0.3) is 0 Å². The zero-order chi connectivity index (χ0) is 7.28. The molecule has 0 rings (SSSR count). The van der Waals surface area contributed by atoms with Crippen LogP contribution < -0.4 is 0 Å². The maximum atomic E-state index is 5.11. The van der Waals surface area contributed by atoms with Gasteiger partial charge in [0.05, 0.1) is 0 Å². The van der Waals surface area contributed by atoms with E-state index in [2.05, 4.69) is 31.8 Å². The highest BCUT2D eigenvalue weighted by Crippen LogP contribution is 1.99. The van der Waals surface area contributed by atoms with Gasteiger partial charge in [0.1, 0.15) is 0 Å². The summed E-state index contributed by atoms with van der Waals surface area (Å²) in [5, 5.41) is 0. The van der Waals surface area contributed by atoms with Gasteiger partial charge in [-0.05, 0) is 27.4 Å². The van der Waals surface area contributed by atoms with E-state index in [4.69, 9.17) is 6.42 Å². The van der Waals surface area contributed by atoms with Gasteiger partial charge in [0, 0.05) is 12.5 Å². The first-order chi connectivity index (χ1) is 4.18. The van der Waals surface area contributed by atoms with E-state index in [1.165, 1.54) is 0 Å². The molecule has 0 saturated carbocycles. The molecule has 0 spiro atoms. The van der Waals surface area contributed by atoms with Crippen LogP contribution >= 0.6 is 0 Å². The van der Waals surface area contributed by atoms with Crippen LogP contribution in [0.15, 0.2) is 0 Å². The molecule has 1 nitrogen and oxygen atoms in total. The summed E-state index contributed by atoms with van der Waals surface area (Å²) < 4.78 is 0. The lowest BCUT2D eigenvalue weighted by atomic mass is 10.2. The Morgan fingerprint density at radius 3 is 2.44 bits per heavy atom. The molecule has 0 bridgehead atoms. The topological polar surface area (TPSA) is 3.24 Å². The molecule has 9 heavy (non-hydrogen) atoms. The van der Waals surface area contributed by atoms with E-state index in [1.807, 2.05) is 0 Å². The molecule has 1 unspecified atom stereocenters. The lowest BCUT2D eigenvalue weighted by Gasteiger charge is -2.17. The molecule has 0 aromatic carbocycles. The summed E-state index contributed by atoms with van der Waals surface area (Å²) in [6.07, 6.45) is 7.10. The number of hydrogen-bond donors (Lipinski definition) is 0. The van der Waals surface area contributed by atoms with Crippen LogP contribution in [-0.2, 0) is 0 Å². The Labute approximate surface area is 58.1 Å². The molecule has 0 saturated heterocycles. The predicted octanol–water partition coefficient (Wildman–Crippen LogP) is 1.35. The summed E-state index contributed by atoms with van der Waals surface area (Å²) >= 11 is 0. The van der Waals surface area contributed by atoms with Crippen molar-refractivity contribution >= 4 is 0 Å². The fourth-order valence-electron chi connectivity index (χ4n) is 0.550. The van der Waals surface area contributed by atoms with E-state index in [0.29, 0.717) is 6.04 Å². The van der Waals surface area contributed by atoms with Gasteiger partial charge in [-0.2, -0.15) is 0 Å². The van der Waals surface area contributed by atoms with E-state index in [-0.39, 0.29) is 0 Å². The van der Waals surface area contributed by atoms with E-state index in [1.54, 1.807) is 0 Å². The van der Waals surface area contributed by atoms with Gasteiger partial charge in [-0.15, -0.1) is 12.3 Å². The monoisotopic (exact) mass is 125 g/mol. The van der Waals surface area contributed by atoms with Gasteiger partial charge in [-0.1, -0.05) is 0 Å². The highest BCUT2D eigenvalue weighted by atomic mass is 15.1. The molecule has 0 radical (unpaired) electrons. The summed E-state index contributed by atoms with van der Waals surface area (Å²) in [6, 6.07) is 0.612. The van der Waals surface area contributed by atoms with E-state index >= 15 is 0 Å². The Hall–Kier alpha value is -0.480. The van der Waals surface area contributed by atoms with E-state index < -0.39 is 0 Å². The molecule has 0 aromatic rings. The number of terminal acetylenes is 1. The van der Waals surface area contributed by atoms with Crippen molar-refractivity contribution in [1.82, 2.24) is 4.90 Å². The second-order valence-corrected chi connectivity index (χ2v) is 2.56. The summed E-state index contributed by atoms with van der Waals surface area (Å²) in [4.78, 5) is 2.18. The maximum absolute atomic E-state index is 5.11. The fraction of sp³-hybridized carbons (Fsp3) is 0.750. The molecule has 52 valence electrons. The Morgan fingerprint density at radius 1 is 1.56 bits per heavy atom. The van der Waals surface area contributed by atoms with Gasteiger partial charge in [0.2, 0.25) is 0 Å². The Balaban J connectivity index is 3.29. The zero-order valence-corrected chi connectivity index (χ0v) is 6.52. The highest BCUT2D eigenvalue weighted by molar-refractivity contribution is 4.84. The third kappa shape index (κ3) is 4.05. The van der Waals surface area contributed by atoms with Gasteiger partial charge in [-0.3, -0.25) is 0 Å². The molecule has 0 aliphatic heterocycles. The standard InChI is InChI=1S/C8H15N/c1-5-6-7-8(2)9(3)4/h1,8H,6-7H2,2-4H3. The summed E-state index contributed by atoms with van der Waals surface area (Å²) in [6.45, 7) is 2.18. The molecular formula is C8H15N. The Morgan fingerprint density at radius 2 is 2.11 bits per heavy atom. The van der Waals surface area contributed by atoms with Gasteiger partial charge >= 0.3 is 0 Å². The van der Waals surface area contributed by atoms with Crippen LogP contribution in [0.4, 0.5) is 0 Å². The molecule has 0 N–H and O–H groups in total. The second kappa shape index (κ2) is 4.40. The van der Waals surface area contributed by atoms with Gasteiger partial charge in [0.15, 0.2) is 0 Å². The lowest BCUT2D eigenvalue weighted by Crippen LogP contribution is -2.23. The smallest absolute Gasteiger partial charge is 0.0101 e. The maximum Gasteiger partial charge on any atom is 0.0101 e. The molecule has 0 amide bonds. The van der Waals surface area contributed by atoms with E-state index in [9.17, 15) is 0 Å². The van der Waals surface area contributed by atoms with Crippen molar-refractivity contribution < 1.29 is 0 Å². The highest BCUT2D eigenvalue weighted by Gasteiger charge is 2.00. The first kappa shape index (κ1) is 8.52. The predicted molar refractivity (Wildman–Crippen MR) is 41.2 cm³/mol. The largest absolute Gasteiger partial charge is 0.307 e. The first-order valence-electron chi connectivity index (χ1n) is 3.28. The summed E-state index contributed by atoms with van der Waals surface area (Å²) in [7, 11) is 4.14. The molecule has 1 heteroatoms. The van der Waals surface area contributed by atoms with Crippen LogP contribution in [-0.4, -0.2) is 25.0 Å². The van der Waals surface area contributed by atoms with Crippen LogP contribution in [0.1, 0.15) is 19.8 Å². The molecule has 0 fully saturated rings. The number of nitrogens with zero attached hydrogens (tertiary/aromatic N) is 1. The van der Waals surface area contributed by atoms with Crippen molar-refractivity contribution in [3.63, 3.8) is 0 Å². The first-order valence-corrected chi connectivity index (χ1v) is 3.28. The van der Waals surface area contributed by atoms with Gasteiger partial charge in [-0.25, -0.2) is 0 Å².